The lowest BCUT2D eigenvalue weighted by Crippen LogP contribution is -2.04. The molecule has 0 radical (unpaired) electrons. The molecule has 0 spiro atoms. The predicted octanol–water partition coefficient (Wildman–Crippen LogP) is 3.17. The minimum atomic E-state index is -4.26. The minimum absolute atomic E-state index is 0.0164. The summed E-state index contributed by atoms with van der Waals surface area (Å²) >= 11 is 0. The van der Waals surface area contributed by atoms with Gasteiger partial charge in [0, 0.05) is 0 Å². The van der Waals surface area contributed by atoms with Gasteiger partial charge in [-0.2, -0.15) is 13.2 Å². The fourth-order valence-electron chi connectivity index (χ4n) is 1.40. The van der Waals surface area contributed by atoms with Crippen molar-refractivity contribution in [1.29, 1.82) is 0 Å². The fraction of sp³-hybridized carbons (Fsp3) is 0.400. The Kier molecular flexibility index (Phi) is 2.03. The van der Waals surface area contributed by atoms with E-state index in [9.17, 15) is 13.2 Å². The zero-order valence-electron chi connectivity index (χ0n) is 7.51. The third-order valence-corrected chi connectivity index (χ3v) is 2.28. The first-order valence-corrected chi connectivity index (χ1v) is 4.31. The van der Waals surface area contributed by atoms with Crippen molar-refractivity contribution in [3.8, 4) is 0 Å². The molecule has 0 saturated carbocycles. The third kappa shape index (κ3) is 1.75. The van der Waals surface area contributed by atoms with Gasteiger partial charge in [-0.3, -0.25) is 0 Å². The lowest BCUT2D eigenvalue weighted by Gasteiger charge is -2.06. The number of rotatable bonds is 1. The second kappa shape index (κ2) is 2.98. The van der Waals surface area contributed by atoms with Crippen molar-refractivity contribution in [3.05, 3.63) is 35.4 Å². The number of hydrogen-bond donors (Lipinski definition) is 0. The molecule has 14 heavy (non-hydrogen) atoms. The summed E-state index contributed by atoms with van der Waals surface area (Å²) in [7, 11) is 0. The molecule has 0 unspecified atom stereocenters. The molecule has 1 aliphatic heterocycles. The maximum absolute atomic E-state index is 12.2. The minimum Gasteiger partial charge on any atom is -0.365 e. The Hall–Kier alpha value is -1.03. The SMILES string of the molecule is C[C@@H]1O[C@@H]1c1ccc(C(F)(F)F)cc1. The Labute approximate surface area is 79.5 Å². The molecule has 2 rings (SSSR count). The van der Waals surface area contributed by atoms with Gasteiger partial charge >= 0.3 is 6.18 Å². The van der Waals surface area contributed by atoms with Crippen LogP contribution in [0.3, 0.4) is 0 Å². The Bertz CT molecular complexity index is 328. The van der Waals surface area contributed by atoms with Gasteiger partial charge in [0.2, 0.25) is 0 Å². The number of epoxide rings is 1. The van der Waals surface area contributed by atoms with E-state index < -0.39 is 11.7 Å². The lowest BCUT2D eigenvalue weighted by atomic mass is 10.1. The van der Waals surface area contributed by atoms with Crippen LogP contribution in [0.15, 0.2) is 24.3 Å². The molecule has 0 amide bonds. The van der Waals surface area contributed by atoms with E-state index in [1.54, 1.807) is 0 Å². The smallest absolute Gasteiger partial charge is 0.365 e. The first kappa shape index (κ1) is 9.52. The lowest BCUT2D eigenvalue weighted by molar-refractivity contribution is -0.137. The molecule has 0 bridgehead atoms. The van der Waals surface area contributed by atoms with Gasteiger partial charge in [-0.15, -0.1) is 0 Å². The summed E-state index contributed by atoms with van der Waals surface area (Å²) in [4.78, 5) is 0. The van der Waals surface area contributed by atoms with E-state index in [-0.39, 0.29) is 12.2 Å². The van der Waals surface area contributed by atoms with Crippen molar-refractivity contribution in [2.45, 2.75) is 25.3 Å². The number of ether oxygens (including phenoxy) is 1. The van der Waals surface area contributed by atoms with Gasteiger partial charge < -0.3 is 4.74 Å². The van der Waals surface area contributed by atoms with Crippen molar-refractivity contribution in [2.24, 2.45) is 0 Å². The summed E-state index contributed by atoms with van der Waals surface area (Å²) in [6, 6.07) is 5.11. The topological polar surface area (TPSA) is 12.5 Å². The second-order valence-corrected chi connectivity index (χ2v) is 3.38. The molecule has 1 heterocycles. The second-order valence-electron chi connectivity index (χ2n) is 3.38. The third-order valence-electron chi connectivity index (χ3n) is 2.28. The van der Waals surface area contributed by atoms with Crippen LogP contribution in [0.1, 0.15) is 24.2 Å². The number of halogens is 3. The zero-order chi connectivity index (χ0) is 10.3. The molecule has 0 aromatic heterocycles. The monoisotopic (exact) mass is 202 g/mol. The zero-order valence-corrected chi connectivity index (χ0v) is 7.51. The highest BCUT2D eigenvalue weighted by Gasteiger charge is 2.36. The molecular weight excluding hydrogens is 193 g/mol. The van der Waals surface area contributed by atoms with E-state index >= 15 is 0 Å². The molecule has 1 aromatic carbocycles. The maximum atomic E-state index is 12.2. The predicted molar refractivity (Wildman–Crippen MR) is 44.7 cm³/mol. The van der Waals surface area contributed by atoms with Crippen molar-refractivity contribution in [2.75, 3.05) is 0 Å². The summed E-state index contributed by atoms with van der Waals surface area (Å²) in [6.45, 7) is 1.89. The van der Waals surface area contributed by atoms with Gasteiger partial charge in [-0.25, -0.2) is 0 Å². The molecule has 1 nitrogen and oxygen atoms in total. The summed E-state index contributed by atoms with van der Waals surface area (Å²) in [5.74, 6) is 0. The first-order chi connectivity index (χ1) is 6.48. The van der Waals surface area contributed by atoms with E-state index in [0.717, 1.165) is 17.7 Å². The number of alkyl halides is 3. The average molecular weight is 202 g/mol. The van der Waals surface area contributed by atoms with E-state index in [1.807, 2.05) is 6.92 Å². The molecule has 1 saturated heterocycles. The largest absolute Gasteiger partial charge is 0.416 e. The standard InChI is InChI=1S/C10H9F3O/c1-6-9(14-6)7-2-4-8(5-3-7)10(11,12)13/h2-6,9H,1H3/t6-,9-/m0/s1. The number of hydrogen-bond acceptors (Lipinski definition) is 1. The first-order valence-electron chi connectivity index (χ1n) is 4.31. The molecule has 0 aliphatic carbocycles. The number of benzene rings is 1. The maximum Gasteiger partial charge on any atom is 0.416 e. The van der Waals surface area contributed by atoms with Crippen LogP contribution in [-0.2, 0) is 10.9 Å². The Morgan fingerprint density at radius 3 is 2.00 bits per heavy atom. The average Bonchev–Trinajstić information content (AvgIpc) is 2.81. The van der Waals surface area contributed by atoms with E-state index in [2.05, 4.69) is 0 Å². The summed E-state index contributed by atoms with van der Waals surface area (Å²) < 4.78 is 41.7. The van der Waals surface area contributed by atoms with Gasteiger partial charge in [-0.05, 0) is 24.6 Å². The normalized spacial score (nSPS) is 26.3. The molecule has 4 heteroatoms. The summed E-state index contributed by atoms with van der Waals surface area (Å²) in [5, 5.41) is 0. The van der Waals surface area contributed by atoms with Crippen LogP contribution < -0.4 is 0 Å². The van der Waals surface area contributed by atoms with Crippen LogP contribution in [0.2, 0.25) is 0 Å². The highest BCUT2D eigenvalue weighted by Crippen LogP contribution is 2.39. The Balaban J connectivity index is 2.18. The molecule has 76 valence electrons. The summed E-state index contributed by atoms with van der Waals surface area (Å²) in [6.07, 6.45) is -4.14. The van der Waals surface area contributed by atoms with Crippen LogP contribution in [0.5, 0.6) is 0 Å². The molecule has 1 fully saturated rings. The van der Waals surface area contributed by atoms with E-state index in [4.69, 9.17) is 4.74 Å². The molecule has 0 N–H and O–H groups in total. The quantitative estimate of drug-likeness (QED) is 0.637. The van der Waals surface area contributed by atoms with E-state index in [0.29, 0.717) is 0 Å². The molecular formula is C10H9F3O. The van der Waals surface area contributed by atoms with E-state index in [1.165, 1.54) is 12.1 Å². The van der Waals surface area contributed by atoms with Gasteiger partial charge in [0.05, 0.1) is 11.7 Å². The molecule has 2 atom stereocenters. The van der Waals surface area contributed by atoms with Crippen molar-refractivity contribution in [3.63, 3.8) is 0 Å². The molecule has 1 aromatic rings. The van der Waals surface area contributed by atoms with Crippen LogP contribution in [0.4, 0.5) is 13.2 Å². The van der Waals surface area contributed by atoms with Crippen molar-refractivity contribution < 1.29 is 17.9 Å². The fourth-order valence-corrected chi connectivity index (χ4v) is 1.40. The van der Waals surface area contributed by atoms with Crippen LogP contribution in [0, 0.1) is 0 Å². The van der Waals surface area contributed by atoms with Crippen LogP contribution in [0.25, 0.3) is 0 Å². The van der Waals surface area contributed by atoms with Crippen LogP contribution >= 0.6 is 0 Å². The van der Waals surface area contributed by atoms with Crippen molar-refractivity contribution >= 4 is 0 Å². The Morgan fingerprint density at radius 1 is 1.14 bits per heavy atom. The van der Waals surface area contributed by atoms with Gasteiger partial charge in [0.1, 0.15) is 6.10 Å². The molecule has 1 aliphatic rings. The highest BCUT2D eigenvalue weighted by molar-refractivity contribution is 5.28. The van der Waals surface area contributed by atoms with Gasteiger partial charge in [0.15, 0.2) is 0 Å². The summed E-state index contributed by atoms with van der Waals surface area (Å²) in [5.41, 5.74) is 0.194. The highest BCUT2D eigenvalue weighted by atomic mass is 19.4. The van der Waals surface area contributed by atoms with Crippen molar-refractivity contribution in [1.82, 2.24) is 0 Å². The van der Waals surface area contributed by atoms with Gasteiger partial charge in [-0.1, -0.05) is 12.1 Å². The van der Waals surface area contributed by atoms with Gasteiger partial charge in [0.25, 0.3) is 0 Å². The Morgan fingerprint density at radius 2 is 1.64 bits per heavy atom. The van der Waals surface area contributed by atoms with Crippen LogP contribution in [-0.4, -0.2) is 6.10 Å².